The van der Waals surface area contributed by atoms with Crippen molar-refractivity contribution < 1.29 is 28.7 Å². The number of hydrogen-bond donors (Lipinski definition) is 0. The van der Waals surface area contributed by atoms with Crippen molar-refractivity contribution >= 4 is 29.3 Å². The number of anilines is 1. The molecule has 5 aromatic carbocycles. The fraction of sp³-hybridized carbons (Fsp3) is 0.150. The van der Waals surface area contributed by atoms with Gasteiger partial charge in [0.15, 0.2) is 0 Å². The quantitative estimate of drug-likeness (QED) is 0.166. The molecular formula is C40H34N2O6. The van der Waals surface area contributed by atoms with Gasteiger partial charge in [0.25, 0.3) is 23.6 Å². The number of fused-ring (bicyclic) bond motifs is 2. The van der Waals surface area contributed by atoms with Crippen LogP contribution in [-0.4, -0.2) is 35.6 Å². The maximum Gasteiger partial charge on any atom is 0.266 e. The highest BCUT2D eigenvalue weighted by atomic mass is 16.5. The van der Waals surface area contributed by atoms with E-state index in [4.69, 9.17) is 9.47 Å². The van der Waals surface area contributed by atoms with Gasteiger partial charge in [-0.1, -0.05) is 70.2 Å². The van der Waals surface area contributed by atoms with Crippen LogP contribution >= 0.6 is 0 Å². The highest BCUT2D eigenvalue weighted by Gasteiger charge is 2.37. The first-order valence-corrected chi connectivity index (χ1v) is 15.7. The van der Waals surface area contributed by atoms with E-state index in [1.165, 1.54) is 11.9 Å². The monoisotopic (exact) mass is 638 g/mol. The first kappa shape index (κ1) is 31.9. The van der Waals surface area contributed by atoms with E-state index in [2.05, 4.69) is 13.8 Å². The number of amides is 4. The Morgan fingerprint density at radius 1 is 0.479 bits per heavy atom. The highest BCUT2D eigenvalue weighted by molar-refractivity contribution is 6.34. The van der Waals surface area contributed by atoms with Crippen LogP contribution in [0.25, 0.3) is 0 Å². The summed E-state index contributed by atoms with van der Waals surface area (Å²) in [7, 11) is 1.46. The second-order valence-corrected chi connectivity index (χ2v) is 11.8. The minimum atomic E-state index is -0.460. The number of rotatable bonds is 7. The van der Waals surface area contributed by atoms with Crippen molar-refractivity contribution in [1.82, 2.24) is 4.90 Å². The molecule has 0 radical (unpaired) electrons. The Hall–Kier alpha value is -6.02. The second kappa shape index (κ2) is 12.6. The molecule has 0 unspecified atom stereocenters. The van der Waals surface area contributed by atoms with E-state index in [9.17, 15) is 19.2 Å². The molecular weight excluding hydrogens is 604 g/mol. The molecule has 8 nitrogen and oxygen atoms in total. The molecule has 8 heteroatoms. The third-order valence-corrected chi connectivity index (χ3v) is 8.52. The maximum absolute atomic E-state index is 13.2. The van der Waals surface area contributed by atoms with Crippen molar-refractivity contribution in [3.8, 4) is 23.0 Å². The normalized spacial score (nSPS) is 13.6. The van der Waals surface area contributed by atoms with Gasteiger partial charge in [-0.3, -0.25) is 24.1 Å². The van der Waals surface area contributed by atoms with Crippen molar-refractivity contribution in [2.45, 2.75) is 33.1 Å². The van der Waals surface area contributed by atoms with Crippen LogP contribution in [0.15, 0.2) is 115 Å². The van der Waals surface area contributed by atoms with Crippen LogP contribution in [0.1, 0.15) is 80.3 Å². The van der Waals surface area contributed by atoms with Crippen molar-refractivity contribution in [2.24, 2.45) is 0 Å². The van der Waals surface area contributed by atoms with Crippen molar-refractivity contribution in [2.75, 3.05) is 11.9 Å². The summed E-state index contributed by atoms with van der Waals surface area (Å²) in [6.45, 7) is 8.19. The zero-order valence-corrected chi connectivity index (χ0v) is 27.3. The molecule has 0 N–H and O–H groups in total. The van der Waals surface area contributed by atoms with Gasteiger partial charge >= 0.3 is 0 Å². The number of nitrogens with zero attached hydrogens (tertiary/aromatic N) is 2. The molecule has 0 aliphatic carbocycles. The lowest BCUT2D eigenvalue weighted by Gasteiger charge is -2.27. The van der Waals surface area contributed by atoms with Crippen molar-refractivity contribution in [3.05, 3.63) is 149 Å². The smallest absolute Gasteiger partial charge is 0.266 e. The number of carbonyl (C=O) groups excluding carboxylic acids is 4. The molecule has 0 bridgehead atoms. The number of ether oxygens (including phenoxy) is 2. The lowest BCUT2D eigenvalue weighted by molar-refractivity contribution is 0.0692. The summed E-state index contributed by atoms with van der Waals surface area (Å²) < 4.78 is 12.3. The van der Waals surface area contributed by atoms with Gasteiger partial charge in [-0.2, -0.15) is 0 Å². The standard InChI is InChI=1S/C38H28N2O6.C2H6/c1-38(2,23-9-7-13-26(19-23)45-28-15-17-30-32(21-28)35(42)39(3)34(30)41)24-10-8-14-27(20-24)46-29-16-18-31-33(22-29)37(44)40(36(31)43)25-11-5-4-6-12-25;1-2/h4-22H,1-3H3;1-2H3. The zero-order valence-electron chi connectivity index (χ0n) is 27.3. The van der Waals surface area contributed by atoms with Gasteiger partial charge in [0.2, 0.25) is 0 Å². The first-order valence-electron chi connectivity index (χ1n) is 15.7. The number of carbonyl (C=O) groups is 4. The summed E-state index contributed by atoms with van der Waals surface area (Å²) >= 11 is 0. The van der Waals surface area contributed by atoms with Gasteiger partial charge in [-0.05, 0) is 83.9 Å². The molecule has 4 amide bonds. The molecule has 2 aliphatic heterocycles. The van der Waals surface area contributed by atoms with Gasteiger partial charge in [0.05, 0.1) is 27.9 Å². The van der Waals surface area contributed by atoms with E-state index in [-0.39, 0.29) is 23.6 Å². The summed E-state index contributed by atoms with van der Waals surface area (Å²) in [5.74, 6) is 0.651. The molecule has 2 aliphatic rings. The molecule has 7 rings (SSSR count). The van der Waals surface area contributed by atoms with Crippen LogP contribution in [0.3, 0.4) is 0 Å². The fourth-order valence-corrected chi connectivity index (χ4v) is 5.83. The number of benzene rings is 5. The maximum atomic E-state index is 13.2. The molecule has 0 atom stereocenters. The molecule has 0 fully saturated rings. The lowest BCUT2D eigenvalue weighted by atomic mass is 9.78. The van der Waals surface area contributed by atoms with Crippen LogP contribution in [0.4, 0.5) is 5.69 Å². The van der Waals surface area contributed by atoms with Gasteiger partial charge < -0.3 is 9.47 Å². The van der Waals surface area contributed by atoms with E-state index in [0.717, 1.165) is 16.0 Å². The molecule has 5 aromatic rings. The van der Waals surface area contributed by atoms with E-state index in [0.29, 0.717) is 50.9 Å². The van der Waals surface area contributed by atoms with Crippen LogP contribution in [0.2, 0.25) is 0 Å². The molecule has 240 valence electrons. The topological polar surface area (TPSA) is 93.2 Å². The average Bonchev–Trinajstić information content (AvgIpc) is 3.48. The minimum absolute atomic E-state index is 0.297. The molecule has 0 spiro atoms. The number of para-hydroxylation sites is 1. The van der Waals surface area contributed by atoms with Crippen molar-refractivity contribution in [3.63, 3.8) is 0 Å². The predicted molar refractivity (Wildman–Crippen MR) is 183 cm³/mol. The van der Waals surface area contributed by atoms with Gasteiger partial charge in [0.1, 0.15) is 23.0 Å². The Kier molecular flexibility index (Phi) is 8.41. The van der Waals surface area contributed by atoms with E-state index < -0.39 is 5.41 Å². The minimum Gasteiger partial charge on any atom is -0.457 e. The Morgan fingerprint density at radius 2 is 0.917 bits per heavy atom. The van der Waals surface area contributed by atoms with Crippen molar-refractivity contribution in [1.29, 1.82) is 0 Å². The molecule has 48 heavy (non-hydrogen) atoms. The zero-order chi connectivity index (χ0) is 34.2. The Bertz CT molecular complexity index is 2090. The number of hydrogen-bond acceptors (Lipinski definition) is 6. The third kappa shape index (κ3) is 5.62. The largest absolute Gasteiger partial charge is 0.457 e. The predicted octanol–water partition coefficient (Wildman–Crippen LogP) is 8.65. The Labute approximate surface area is 279 Å². The Morgan fingerprint density at radius 3 is 1.46 bits per heavy atom. The van der Waals surface area contributed by atoms with Gasteiger partial charge in [0, 0.05) is 12.5 Å². The average molecular weight is 639 g/mol. The molecule has 2 heterocycles. The van der Waals surface area contributed by atoms with Crippen LogP contribution in [0.5, 0.6) is 23.0 Å². The summed E-state index contributed by atoms with van der Waals surface area (Å²) in [6.07, 6.45) is 0. The second-order valence-electron chi connectivity index (χ2n) is 11.8. The lowest BCUT2D eigenvalue weighted by Crippen LogP contribution is -2.29. The molecule has 0 saturated carbocycles. The Balaban J connectivity index is 0.00000197. The van der Waals surface area contributed by atoms with E-state index >= 15 is 0 Å². The molecule has 0 saturated heterocycles. The summed E-state index contributed by atoms with van der Waals surface area (Å²) in [6, 6.07) is 34.1. The van der Waals surface area contributed by atoms with Crippen LogP contribution in [-0.2, 0) is 5.41 Å². The van der Waals surface area contributed by atoms with E-state index in [1.54, 1.807) is 60.7 Å². The van der Waals surface area contributed by atoms with Gasteiger partial charge in [-0.25, -0.2) is 4.90 Å². The number of imide groups is 2. The van der Waals surface area contributed by atoms with Crippen LogP contribution in [0, 0.1) is 0 Å². The fourth-order valence-electron chi connectivity index (χ4n) is 5.83. The third-order valence-electron chi connectivity index (χ3n) is 8.52. The summed E-state index contributed by atoms with van der Waals surface area (Å²) in [4.78, 5) is 53.2. The highest BCUT2D eigenvalue weighted by Crippen LogP contribution is 2.38. The summed E-state index contributed by atoms with van der Waals surface area (Å²) in [5, 5.41) is 0. The first-order chi connectivity index (χ1) is 23.1. The van der Waals surface area contributed by atoms with E-state index in [1.807, 2.05) is 68.4 Å². The SMILES string of the molecule is CC.CN1C(=O)c2ccc(Oc3cccc(C(C)(C)c4cccc(Oc5ccc6c(c5)C(=O)N(c5ccccc5)C6=O)c4)c3)cc2C1=O. The molecule has 0 aromatic heterocycles. The van der Waals surface area contributed by atoms with Crippen LogP contribution < -0.4 is 14.4 Å². The van der Waals surface area contributed by atoms with Gasteiger partial charge in [-0.15, -0.1) is 0 Å². The summed E-state index contributed by atoms with van der Waals surface area (Å²) in [5.41, 5.74) is 3.35.